The highest BCUT2D eigenvalue weighted by Gasteiger charge is 2.39. The van der Waals surface area contributed by atoms with Crippen LogP contribution in [0.25, 0.3) is 11.1 Å². The number of nitriles is 1. The van der Waals surface area contributed by atoms with Gasteiger partial charge in [-0.2, -0.15) is 5.26 Å². The molecule has 5 aromatic carbocycles. The fourth-order valence-electron chi connectivity index (χ4n) is 10.4. The molecule has 4 nitrogen and oxygen atoms in total. The van der Waals surface area contributed by atoms with Crippen molar-refractivity contribution in [2.24, 2.45) is 0 Å². The van der Waals surface area contributed by atoms with Gasteiger partial charge in [0.15, 0.2) is 5.82 Å². The van der Waals surface area contributed by atoms with Gasteiger partial charge in [0.1, 0.15) is 0 Å². The van der Waals surface area contributed by atoms with Gasteiger partial charge in [0.25, 0.3) is 0 Å². The Morgan fingerprint density at radius 1 is 0.397 bits per heavy atom. The van der Waals surface area contributed by atoms with Gasteiger partial charge in [-0.3, -0.25) is 4.90 Å². The molecule has 4 heteroatoms. The first kappa shape index (κ1) is 39.2. The maximum Gasteiger partial charge on any atom is 0.162 e. The highest BCUT2D eigenvalue weighted by Crippen LogP contribution is 2.59. The molecule has 0 saturated heterocycles. The van der Waals surface area contributed by atoms with E-state index in [1.807, 2.05) is 18.3 Å². The van der Waals surface area contributed by atoms with E-state index >= 15 is 0 Å². The van der Waals surface area contributed by atoms with Crippen LogP contribution in [0.5, 0.6) is 0 Å². The Labute approximate surface area is 347 Å². The van der Waals surface area contributed by atoms with Gasteiger partial charge in [-0.05, 0) is 246 Å². The van der Waals surface area contributed by atoms with Crippen LogP contribution in [0.4, 0.5) is 34.3 Å². The summed E-state index contributed by atoms with van der Waals surface area (Å²) < 4.78 is 0. The Balaban J connectivity index is 1.64. The molecule has 0 amide bonds. The predicted molar refractivity (Wildman–Crippen MR) is 245 cm³/mol. The zero-order valence-electron chi connectivity index (χ0n) is 37.7. The zero-order chi connectivity index (χ0) is 42.0. The van der Waals surface area contributed by atoms with Gasteiger partial charge in [-0.15, -0.1) is 0 Å². The topological polar surface area (TPSA) is 43.2 Å². The van der Waals surface area contributed by atoms with E-state index in [9.17, 15) is 5.26 Å². The Morgan fingerprint density at radius 3 is 1.07 bits per heavy atom. The Hall–Kier alpha value is -5.66. The van der Waals surface area contributed by atoms with E-state index in [-0.39, 0.29) is 0 Å². The third-order valence-electron chi connectivity index (χ3n) is 15.4. The summed E-state index contributed by atoms with van der Waals surface area (Å²) >= 11 is 0. The molecule has 1 aromatic heterocycles. The first-order valence-corrected chi connectivity index (χ1v) is 20.9. The molecule has 2 aliphatic rings. The summed E-state index contributed by atoms with van der Waals surface area (Å²) in [6, 6.07) is 12.7. The van der Waals surface area contributed by atoms with Crippen LogP contribution >= 0.6 is 0 Å². The molecule has 0 spiro atoms. The first-order valence-electron chi connectivity index (χ1n) is 20.9. The molecule has 58 heavy (non-hydrogen) atoms. The SMILES string of the molecule is Cc1c(C)c(C)c2c(c1C)Cc1c(C)c(C)c(C)c(C)c1N2c1nccc(-c2ccc(C#N)cc2)c1N1c2c(C)c(C)c(C)c(C)c2Cc2c(C)c(C)c(C)c(C)c21. The van der Waals surface area contributed by atoms with Crippen molar-refractivity contribution in [3.05, 3.63) is 153 Å². The zero-order valence-corrected chi connectivity index (χ0v) is 37.7. The van der Waals surface area contributed by atoms with E-state index in [0.29, 0.717) is 5.56 Å². The normalized spacial score (nSPS) is 12.9. The van der Waals surface area contributed by atoms with Gasteiger partial charge < -0.3 is 4.90 Å². The van der Waals surface area contributed by atoms with Crippen molar-refractivity contribution in [2.75, 3.05) is 9.80 Å². The van der Waals surface area contributed by atoms with E-state index in [1.165, 1.54) is 134 Å². The first-order chi connectivity index (χ1) is 27.4. The van der Waals surface area contributed by atoms with Crippen molar-refractivity contribution in [2.45, 2.75) is 124 Å². The molecule has 6 aromatic rings. The lowest BCUT2D eigenvalue weighted by Gasteiger charge is -2.44. The molecule has 0 bridgehead atoms. The van der Waals surface area contributed by atoms with Crippen LogP contribution < -0.4 is 9.80 Å². The van der Waals surface area contributed by atoms with E-state index in [0.717, 1.165) is 35.5 Å². The van der Waals surface area contributed by atoms with Crippen LogP contribution in [0.1, 0.15) is 117 Å². The molecule has 0 atom stereocenters. The molecule has 2 aliphatic heterocycles. The Kier molecular flexibility index (Phi) is 9.28. The standard InChI is InChI=1S/C54H58N4/c1-26-30(5)38(13)49-45(34(26)9)23-46-35(10)27(2)31(6)39(14)50(46)57(49)53-44(43-19-17-42(25-55)18-20-43)21-22-56-54(53)58-51-40(15)32(7)28(3)36(11)47(51)24-48-37(12)29(4)33(8)41(16)52(48)58/h17-22H,23-24H2,1-16H3. The molecule has 0 fully saturated rings. The fourth-order valence-corrected chi connectivity index (χ4v) is 10.4. The van der Waals surface area contributed by atoms with Crippen LogP contribution in [0.2, 0.25) is 0 Å². The Morgan fingerprint density at radius 2 is 0.724 bits per heavy atom. The second kappa shape index (κ2) is 13.7. The number of aromatic nitrogens is 1. The summed E-state index contributed by atoms with van der Waals surface area (Å²) in [6.45, 7) is 36.9. The van der Waals surface area contributed by atoms with Crippen molar-refractivity contribution in [3.63, 3.8) is 0 Å². The van der Waals surface area contributed by atoms with Gasteiger partial charge in [0.2, 0.25) is 0 Å². The third-order valence-corrected chi connectivity index (χ3v) is 15.4. The van der Waals surface area contributed by atoms with Gasteiger partial charge in [-0.25, -0.2) is 4.98 Å². The molecule has 8 rings (SSSR count). The number of hydrogen-bond donors (Lipinski definition) is 0. The number of anilines is 6. The van der Waals surface area contributed by atoms with Crippen molar-refractivity contribution in [1.82, 2.24) is 4.98 Å². The van der Waals surface area contributed by atoms with Crippen molar-refractivity contribution in [3.8, 4) is 17.2 Å². The van der Waals surface area contributed by atoms with Crippen LogP contribution in [0.15, 0.2) is 36.5 Å². The summed E-state index contributed by atoms with van der Waals surface area (Å²) in [7, 11) is 0. The number of pyridine rings is 1. The lowest BCUT2D eigenvalue weighted by atomic mass is 9.80. The van der Waals surface area contributed by atoms with Gasteiger partial charge in [0, 0.05) is 24.6 Å². The van der Waals surface area contributed by atoms with Gasteiger partial charge in [0.05, 0.1) is 40.1 Å². The number of benzene rings is 5. The van der Waals surface area contributed by atoms with Crippen LogP contribution in [0.3, 0.4) is 0 Å². The van der Waals surface area contributed by atoms with E-state index in [2.05, 4.69) is 145 Å². The second-order valence-electron chi connectivity index (χ2n) is 17.6. The minimum Gasteiger partial charge on any atom is -0.305 e. The fraction of sp³-hybridized carbons (Fsp3) is 0.333. The second-order valence-corrected chi connectivity index (χ2v) is 17.6. The van der Waals surface area contributed by atoms with Crippen molar-refractivity contribution < 1.29 is 0 Å². The summed E-state index contributed by atoms with van der Waals surface area (Å²) in [6.07, 6.45) is 3.78. The largest absolute Gasteiger partial charge is 0.305 e. The molecule has 3 heterocycles. The number of fused-ring (bicyclic) bond motifs is 4. The summed E-state index contributed by atoms with van der Waals surface area (Å²) in [4.78, 5) is 10.8. The van der Waals surface area contributed by atoms with E-state index < -0.39 is 0 Å². The molecule has 0 aliphatic carbocycles. The van der Waals surface area contributed by atoms with Gasteiger partial charge in [-0.1, -0.05) is 12.1 Å². The molecule has 0 radical (unpaired) electrons. The number of nitrogens with zero attached hydrogens (tertiary/aromatic N) is 4. The highest BCUT2D eigenvalue weighted by atomic mass is 15.3. The number of rotatable bonds is 3. The molecule has 0 N–H and O–H groups in total. The van der Waals surface area contributed by atoms with Crippen molar-refractivity contribution in [1.29, 1.82) is 5.26 Å². The molecular formula is C54H58N4. The van der Waals surface area contributed by atoms with Crippen LogP contribution in [-0.4, -0.2) is 4.98 Å². The maximum absolute atomic E-state index is 9.89. The quantitative estimate of drug-likeness (QED) is 0.180. The average Bonchev–Trinajstić information content (AvgIpc) is 3.24. The summed E-state index contributed by atoms with van der Waals surface area (Å²) in [5, 5.41) is 9.89. The highest BCUT2D eigenvalue weighted by molar-refractivity contribution is 6.03. The summed E-state index contributed by atoms with van der Waals surface area (Å²) in [5.74, 6) is 0.921. The van der Waals surface area contributed by atoms with E-state index in [1.54, 1.807) is 0 Å². The van der Waals surface area contributed by atoms with Crippen LogP contribution in [0, 0.1) is 122 Å². The monoisotopic (exact) mass is 762 g/mol. The van der Waals surface area contributed by atoms with E-state index in [4.69, 9.17) is 4.98 Å². The molecule has 0 saturated carbocycles. The average molecular weight is 763 g/mol. The smallest absolute Gasteiger partial charge is 0.162 e. The number of hydrogen-bond acceptors (Lipinski definition) is 4. The minimum absolute atomic E-state index is 0.649. The third kappa shape index (κ3) is 5.28. The lowest BCUT2D eigenvalue weighted by Crippen LogP contribution is -2.29. The van der Waals surface area contributed by atoms with Crippen molar-refractivity contribution >= 4 is 34.3 Å². The van der Waals surface area contributed by atoms with Crippen LogP contribution in [-0.2, 0) is 12.8 Å². The minimum atomic E-state index is 0.649. The molecule has 294 valence electrons. The summed E-state index contributed by atoms with van der Waals surface area (Å²) in [5.41, 5.74) is 35.8. The lowest BCUT2D eigenvalue weighted by molar-refractivity contribution is 0.971. The molecular weight excluding hydrogens is 705 g/mol. The Bertz CT molecular complexity index is 2700. The van der Waals surface area contributed by atoms with Gasteiger partial charge >= 0.3 is 0 Å². The predicted octanol–water partition coefficient (Wildman–Crippen LogP) is 14.3. The molecule has 0 unspecified atom stereocenters. The maximum atomic E-state index is 9.89.